The van der Waals surface area contributed by atoms with Gasteiger partial charge >= 0.3 is 6.03 Å². The van der Waals surface area contributed by atoms with E-state index in [-0.39, 0.29) is 34.6 Å². The quantitative estimate of drug-likeness (QED) is 0.369. The van der Waals surface area contributed by atoms with Crippen LogP contribution in [0.15, 0.2) is 12.1 Å². The van der Waals surface area contributed by atoms with E-state index in [1.165, 1.54) is 33.3 Å². The van der Waals surface area contributed by atoms with Gasteiger partial charge < -0.3 is 15.3 Å². The minimum atomic E-state index is -0.840. The predicted molar refractivity (Wildman–Crippen MR) is 147 cm³/mol. The van der Waals surface area contributed by atoms with Crippen LogP contribution in [0.5, 0.6) is 0 Å². The van der Waals surface area contributed by atoms with Gasteiger partial charge in [-0.05, 0) is 24.3 Å². The van der Waals surface area contributed by atoms with E-state index in [9.17, 15) is 30.1 Å². The van der Waals surface area contributed by atoms with Crippen LogP contribution in [0.25, 0.3) is 0 Å². The van der Waals surface area contributed by atoms with Crippen molar-refractivity contribution in [1.29, 1.82) is 0 Å². The molecule has 210 valence electrons. The van der Waals surface area contributed by atoms with Gasteiger partial charge in [0, 0.05) is 30.6 Å². The number of carbonyl (C=O) groups excluding carboxylic acids is 1. The molecule has 1 saturated heterocycles. The molecule has 2 N–H and O–H groups in total. The van der Waals surface area contributed by atoms with Gasteiger partial charge in [-0.25, -0.2) is 9.69 Å². The van der Waals surface area contributed by atoms with E-state index in [1.54, 1.807) is 7.05 Å². The molecule has 1 fully saturated rings. The molecule has 2 amide bonds. The van der Waals surface area contributed by atoms with Crippen LogP contribution < -0.4 is 10.2 Å². The fourth-order valence-corrected chi connectivity index (χ4v) is 4.31. The number of aromatic nitrogens is 2. The maximum atomic E-state index is 11.8. The van der Waals surface area contributed by atoms with Gasteiger partial charge in [0.05, 0.1) is 16.4 Å². The highest BCUT2D eigenvalue weighted by Gasteiger charge is 2.37. The van der Waals surface area contributed by atoms with Gasteiger partial charge in [0.2, 0.25) is 5.13 Å². The number of nitro groups is 2. The molecular weight excluding hydrogens is 514 g/mol. The summed E-state index contributed by atoms with van der Waals surface area (Å²) >= 11 is 1.34. The zero-order chi connectivity index (χ0) is 29.2. The number of carbonyl (C=O) groups is 1. The molecule has 2 heterocycles. The Kier molecular flexibility index (Phi) is 9.38. The van der Waals surface area contributed by atoms with Crippen molar-refractivity contribution in [2.24, 2.45) is 0 Å². The number of β-amino-alcohol motifs (C(OH)–C–C–N with tert-alkyl or cyclic N) is 1. The zero-order valence-electron chi connectivity index (χ0n) is 23.3. The van der Waals surface area contributed by atoms with Crippen molar-refractivity contribution in [3.63, 3.8) is 0 Å². The summed E-state index contributed by atoms with van der Waals surface area (Å²) in [6.45, 7) is 15.7. The summed E-state index contributed by atoms with van der Waals surface area (Å²) in [6.07, 6.45) is -0.136. The van der Waals surface area contributed by atoms with E-state index >= 15 is 0 Å². The molecule has 1 aliphatic rings. The summed E-state index contributed by atoms with van der Waals surface area (Å²) in [6, 6.07) is 2.49. The molecule has 14 heteroatoms. The number of benzene rings is 1. The number of amides is 2. The van der Waals surface area contributed by atoms with Gasteiger partial charge in [-0.15, -0.1) is 10.2 Å². The Balaban J connectivity index is 0.000000272. The number of likely N-dealkylation sites (N-methyl/N-ethyl adjacent to an activating group) is 1. The van der Waals surface area contributed by atoms with Crippen LogP contribution in [0.4, 0.5) is 27.0 Å². The van der Waals surface area contributed by atoms with Gasteiger partial charge in [0.1, 0.15) is 5.01 Å². The van der Waals surface area contributed by atoms with E-state index in [1.807, 2.05) is 55.4 Å². The average Bonchev–Trinajstić information content (AvgIpc) is 3.37. The van der Waals surface area contributed by atoms with Gasteiger partial charge in [0.25, 0.3) is 11.4 Å². The number of nitrogens with one attached hydrogen (secondary N) is 1. The molecule has 0 radical (unpaired) electrons. The number of hydrogen-bond acceptors (Lipinski definition) is 10. The number of hydrogen-bond donors (Lipinski definition) is 2. The van der Waals surface area contributed by atoms with E-state index in [0.717, 1.165) is 5.01 Å². The van der Waals surface area contributed by atoms with Crippen LogP contribution in [0.3, 0.4) is 0 Å². The van der Waals surface area contributed by atoms with E-state index in [4.69, 9.17) is 0 Å². The molecule has 0 spiro atoms. The first-order valence-electron chi connectivity index (χ1n) is 12.2. The van der Waals surface area contributed by atoms with Crippen LogP contribution in [0.1, 0.15) is 72.4 Å². The molecule has 1 aromatic carbocycles. The summed E-state index contributed by atoms with van der Waals surface area (Å²) in [4.78, 5) is 36.0. The number of nitro benzene ring substituents is 2. The molecule has 3 rings (SSSR count). The Hall–Kier alpha value is -3.39. The highest BCUT2D eigenvalue weighted by molar-refractivity contribution is 7.15. The van der Waals surface area contributed by atoms with Crippen molar-refractivity contribution in [2.75, 3.05) is 23.8 Å². The molecule has 1 aromatic heterocycles. The zero-order valence-corrected chi connectivity index (χ0v) is 24.1. The largest absolute Gasteiger partial charge is 0.371 e. The maximum Gasteiger partial charge on any atom is 0.328 e. The van der Waals surface area contributed by atoms with Crippen molar-refractivity contribution in [3.8, 4) is 0 Å². The third-order valence-corrected chi connectivity index (χ3v) is 7.24. The Bertz CT molecular complexity index is 1150. The first-order chi connectivity index (χ1) is 17.4. The molecule has 13 nitrogen and oxygen atoms in total. The van der Waals surface area contributed by atoms with Gasteiger partial charge in [-0.1, -0.05) is 59.8 Å². The van der Waals surface area contributed by atoms with Crippen molar-refractivity contribution >= 4 is 39.6 Å². The number of nitrogens with zero attached hydrogens (tertiary/aromatic N) is 6. The van der Waals surface area contributed by atoms with Crippen molar-refractivity contribution in [1.82, 2.24) is 15.1 Å². The van der Waals surface area contributed by atoms with Crippen LogP contribution in [0, 0.1) is 20.2 Å². The fraction of sp³-hybridized carbons (Fsp3) is 0.625. The lowest BCUT2D eigenvalue weighted by Crippen LogP contribution is -2.34. The third kappa shape index (κ3) is 7.13. The molecule has 2 aromatic rings. The standard InChI is InChI=1S/C14H21N3O4.C10H16N4O2S/c1-6-9(2)15-13-11(16(18)19)7-10(14(3,4)5)8-12(13)17(20)21;1-10(2,3)7-11-12-8(17-7)14-6(15)5-13(4)9(14)16/h7-9,15H,6H2,1-5H3;6,15H,5H2,1-4H3. The van der Waals surface area contributed by atoms with Gasteiger partial charge in [0.15, 0.2) is 11.9 Å². The van der Waals surface area contributed by atoms with Crippen LogP contribution in [-0.4, -0.2) is 61.9 Å². The molecule has 0 saturated carbocycles. The second-order valence-corrected chi connectivity index (χ2v) is 12.2. The Morgan fingerprint density at radius 1 is 1.11 bits per heavy atom. The lowest BCUT2D eigenvalue weighted by molar-refractivity contribution is -0.392. The summed E-state index contributed by atoms with van der Waals surface area (Å²) in [7, 11) is 1.65. The summed E-state index contributed by atoms with van der Waals surface area (Å²) in [5, 5.41) is 44.6. The van der Waals surface area contributed by atoms with E-state index in [2.05, 4.69) is 15.5 Å². The summed E-state index contributed by atoms with van der Waals surface area (Å²) in [5.41, 5.74) is -0.480. The van der Waals surface area contributed by atoms with Crippen LogP contribution in [0.2, 0.25) is 0 Å². The lowest BCUT2D eigenvalue weighted by atomic mass is 9.86. The van der Waals surface area contributed by atoms with Gasteiger partial charge in [-0.3, -0.25) is 20.2 Å². The minimum absolute atomic E-state index is 0.0210. The van der Waals surface area contributed by atoms with Crippen LogP contribution in [-0.2, 0) is 10.8 Å². The number of aliphatic hydroxyl groups excluding tert-OH is 1. The molecule has 2 atom stereocenters. The molecule has 0 bridgehead atoms. The number of anilines is 2. The molecule has 38 heavy (non-hydrogen) atoms. The van der Waals surface area contributed by atoms with E-state index in [0.29, 0.717) is 23.7 Å². The number of urea groups is 1. The number of rotatable bonds is 6. The Morgan fingerprint density at radius 2 is 1.63 bits per heavy atom. The van der Waals surface area contributed by atoms with Crippen LogP contribution >= 0.6 is 11.3 Å². The van der Waals surface area contributed by atoms with Crippen molar-refractivity contribution in [2.45, 2.75) is 84.9 Å². The normalized spacial score (nSPS) is 16.7. The topological polar surface area (TPSA) is 168 Å². The first kappa shape index (κ1) is 30.8. The summed E-state index contributed by atoms with van der Waals surface area (Å²) in [5.74, 6) is 0. The van der Waals surface area contributed by atoms with Crippen molar-refractivity contribution in [3.05, 3.63) is 42.9 Å². The second kappa shape index (κ2) is 11.6. The number of aliphatic hydroxyl groups is 1. The Morgan fingerprint density at radius 3 is 1.97 bits per heavy atom. The van der Waals surface area contributed by atoms with E-state index < -0.39 is 21.5 Å². The summed E-state index contributed by atoms with van der Waals surface area (Å²) < 4.78 is 0. The molecule has 1 aliphatic heterocycles. The Labute approximate surface area is 226 Å². The minimum Gasteiger partial charge on any atom is -0.371 e. The first-order valence-corrected chi connectivity index (χ1v) is 13.0. The van der Waals surface area contributed by atoms with Gasteiger partial charge in [-0.2, -0.15) is 0 Å². The highest BCUT2D eigenvalue weighted by Crippen LogP contribution is 2.39. The monoisotopic (exact) mass is 551 g/mol. The molecular formula is C24H37N7O6S. The molecule has 0 aliphatic carbocycles. The predicted octanol–water partition coefficient (Wildman–Crippen LogP) is 5.04. The lowest BCUT2D eigenvalue weighted by Gasteiger charge is -2.20. The second-order valence-electron chi connectivity index (χ2n) is 11.3. The maximum absolute atomic E-state index is 11.8. The van der Waals surface area contributed by atoms with Crippen molar-refractivity contribution < 1.29 is 19.7 Å². The third-order valence-electron chi connectivity index (χ3n) is 5.89. The smallest absolute Gasteiger partial charge is 0.328 e. The highest BCUT2D eigenvalue weighted by atomic mass is 32.1. The molecule has 2 unspecified atom stereocenters. The SMILES string of the molecule is CCC(C)Nc1c([N+](=O)[O-])cc(C(C)(C)C)cc1[N+](=O)[O-].CN1CC(O)N(c2nnc(C(C)(C)C)s2)C1=O. The fourth-order valence-electron chi connectivity index (χ4n) is 3.37. The average molecular weight is 552 g/mol.